The van der Waals surface area contributed by atoms with Crippen LogP contribution in [0.25, 0.3) is 0 Å². The minimum absolute atomic E-state index is 0. The van der Waals surface area contributed by atoms with E-state index in [4.69, 9.17) is 11.6 Å². The third kappa shape index (κ3) is 5.12. The van der Waals surface area contributed by atoms with E-state index >= 15 is 0 Å². The van der Waals surface area contributed by atoms with Crippen LogP contribution >= 0.6 is 35.6 Å². The van der Waals surface area contributed by atoms with Crippen LogP contribution in [0.5, 0.6) is 0 Å². The Morgan fingerprint density at radius 3 is 2.32 bits per heavy atom. The highest BCUT2D eigenvalue weighted by molar-refractivity contribution is 14.0. The van der Waals surface area contributed by atoms with Gasteiger partial charge in [-0.05, 0) is 43.4 Å². The van der Waals surface area contributed by atoms with Crippen molar-refractivity contribution in [2.45, 2.75) is 43.9 Å². The van der Waals surface area contributed by atoms with Gasteiger partial charge in [-0.15, -0.1) is 24.0 Å². The molecule has 0 saturated heterocycles. The Bertz CT molecular complexity index is 712. The predicted molar refractivity (Wildman–Crippen MR) is 127 cm³/mol. The minimum Gasteiger partial charge on any atom is -0.356 e. The van der Waals surface area contributed by atoms with Gasteiger partial charge in [0.25, 0.3) is 0 Å². The van der Waals surface area contributed by atoms with E-state index in [0.717, 1.165) is 56.1 Å². The van der Waals surface area contributed by atoms with E-state index in [0.29, 0.717) is 6.54 Å². The lowest BCUT2D eigenvalue weighted by Gasteiger charge is -2.31. The lowest BCUT2D eigenvalue weighted by atomic mass is 9.84. The third-order valence-corrected chi connectivity index (χ3v) is 6.36. The van der Waals surface area contributed by atoms with Crippen molar-refractivity contribution in [1.29, 1.82) is 0 Å². The molecule has 0 heterocycles. The second-order valence-electron chi connectivity index (χ2n) is 8.26. The number of halogens is 2. The van der Waals surface area contributed by atoms with Gasteiger partial charge in [-0.2, -0.15) is 0 Å². The molecule has 3 rings (SSSR count). The van der Waals surface area contributed by atoms with Crippen LogP contribution in [0.2, 0.25) is 5.02 Å². The van der Waals surface area contributed by atoms with E-state index in [1.54, 1.807) is 11.9 Å². The molecule has 2 aliphatic carbocycles. The van der Waals surface area contributed by atoms with Crippen LogP contribution < -0.4 is 10.6 Å². The minimum atomic E-state index is -0.300. The molecule has 1 aromatic rings. The molecular weight excluding hydrogens is 487 g/mol. The van der Waals surface area contributed by atoms with Crippen molar-refractivity contribution in [3.05, 3.63) is 34.9 Å². The first-order chi connectivity index (χ1) is 12.9. The number of aliphatic imine (C=N–C) groups is 1. The van der Waals surface area contributed by atoms with E-state index in [1.165, 1.54) is 5.56 Å². The topological polar surface area (TPSA) is 56.7 Å². The number of nitrogens with one attached hydrogen (secondary N) is 2. The van der Waals surface area contributed by atoms with Gasteiger partial charge in [-0.3, -0.25) is 9.79 Å². The van der Waals surface area contributed by atoms with Crippen molar-refractivity contribution in [3.63, 3.8) is 0 Å². The van der Waals surface area contributed by atoms with Gasteiger partial charge in [-0.25, -0.2) is 0 Å². The van der Waals surface area contributed by atoms with Crippen molar-refractivity contribution >= 4 is 47.4 Å². The number of carbonyl (C=O) groups excluding carboxylic acids is 1. The van der Waals surface area contributed by atoms with Crippen LogP contribution in [0.1, 0.15) is 44.1 Å². The van der Waals surface area contributed by atoms with Gasteiger partial charge in [0.2, 0.25) is 5.91 Å². The molecular formula is C21H32ClIN4O. The van der Waals surface area contributed by atoms with Crippen LogP contribution in [0.15, 0.2) is 29.3 Å². The Labute approximate surface area is 190 Å². The summed E-state index contributed by atoms with van der Waals surface area (Å²) in [4.78, 5) is 18.8. The molecule has 0 atom stereocenters. The van der Waals surface area contributed by atoms with Gasteiger partial charge >= 0.3 is 0 Å². The average Bonchev–Trinajstić information content (AvgIpc) is 3.30. The van der Waals surface area contributed by atoms with Gasteiger partial charge in [-0.1, -0.05) is 36.6 Å². The van der Waals surface area contributed by atoms with Crippen LogP contribution in [0.4, 0.5) is 0 Å². The van der Waals surface area contributed by atoms with Crippen molar-refractivity contribution < 1.29 is 4.79 Å². The molecule has 1 aromatic carbocycles. The smallest absolute Gasteiger partial charge is 0.230 e. The summed E-state index contributed by atoms with van der Waals surface area (Å²) in [6.45, 7) is 1.45. The highest BCUT2D eigenvalue weighted by Crippen LogP contribution is 2.48. The van der Waals surface area contributed by atoms with Gasteiger partial charge in [0, 0.05) is 44.7 Å². The molecule has 2 saturated carbocycles. The Balaban J connectivity index is 0.00000280. The van der Waals surface area contributed by atoms with Crippen molar-refractivity contribution in [3.8, 4) is 0 Å². The predicted octanol–water partition coefficient (Wildman–Crippen LogP) is 3.80. The molecule has 7 heteroatoms. The van der Waals surface area contributed by atoms with Crippen LogP contribution in [-0.4, -0.2) is 51.0 Å². The molecule has 28 heavy (non-hydrogen) atoms. The average molecular weight is 519 g/mol. The Morgan fingerprint density at radius 1 is 1.14 bits per heavy atom. The van der Waals surface area contributed by atoms with E-state index in [-0.39, 0.29) is 40.7 Å². The number of rotatable bonds is 6. The molecule has 0 bridgehead atoms. The van der Waals surface area contributed by atoms with Gasteiger partial charge < -0.3 is 15.5 Å². The number of nitrogens with zero attached hydrogens (tertiary/aromatic N) is 2. The molecule has 0 aliphatic heterocycles. The molecule has 0 radical (unpaired) electrons. The maximum atomic E-state index is 12.7. The van der Waals surface area contributed by atoms with Crippen LogP contribution in [0.3, 0.4) is 0 Å². The third-order valence-electron chi connectivity index (χ3n) is 6.12. The molecule has 2 N–H and O–H groups in total. The second kappa shape index (κ2) is 9.65. The zero-order valence-corrected chi connectivity index (χ0v) is 20.1. The molecule has 0 spiro atoms. The summed E-state index contributed by atoms with van der Waals surface area (Å²) in [6.07, 6.45) is 6.43. The standard InChI is InChI=1S/C21H31ClN4O.HI/c1-23-19(25-15-21(9-4-5-10-21)18(27)26(2)3)24-14-20(11-12-20)16-7-6-8-17(22)13-16;/h6-8,13H,4-5,9-12,14-15H2,1-3H3,(H2,23,24,25);1H. The summed E-state index contributed by atoms with van der Waals surface area (Å²) in [6, 6.07) is 8.15. The van der Waals surface area contributed by atoms with Crippen molar-refractivity contribution in [2.24, 2.45) is 10.4 Å². The fourth-order valence-electron chi connectivity index (χ4n) is 4.26. The van der Waals surface area contributed by atoms with Crippen LogP contribution in [-0.2, 0) is 10.2 Å². The Kier molecular flexibility index (Phi) is 8.02. The second-order valence-corrected chi connectivity index (χ2v) is 8.69. The van der Waals surface area contributed by atoms with Gasteiger partial charge in [0.1, 0.15) is 0 Å². The summed E-state index contributed by atoms with van der Waals surface area (Å²) >= 11 is 6.17. The number of amides is 1. The fraction of sp³-hybridized carbons (Fsp3) is 0.619. The highest BCUT2D eigenvalue weighted by Gasteiger charge is 2.45. The molecule has 2 aliphatic rings. The molecule has 156 valence electrons. The van der Waals surface area contributed by atoms with E-state index in [1.807, 2.05) is 26.2 Å². The number of guanidine groups is 1. The Morgan fingerprint density at radius 2 is 1.79 bits per heavy atom. The summed E-state index contributed by atoms with van der Waals surface area (Å²) < 4.78 is 0. The summed E-state index contributed by atoms with van der Waals surface area (Å²) in [7, 11) is 5.47. The Hall–Kier alpha value is -1.02. The number of hydrogen-bond acceptors (Lipinski definition) is 2. The van der Waals surface area contributed by atoms with Gasteiger partial charge in [0.05, 0.1) is 5.41 Å². The molecule has 0 aromatic heterocycles. The maximum absolute atomic E-state index is 12.7. The van der Waals surface area contributed by atoms with Gasteiger partial charge in [0.15, 0.2) is 5.96 Å². The zero-order chi connectivity index (χ0) is 19.5. The number of hydrogen-bond donors (Lipinski definition) is 2. The molecule has 2 fully saturated rings. The van der Waals surface area contributed by atoms with E-state index in [9.17, 15) is 4.79 Å². The first-order valence-electron chi connectivity index (χ1n) is 9.83. The molecule has 1 amide bonds. The summed E-state index contributed by atoms with van der Waals surface area (Å²) in [5, 5.41) is 7.67. The monoisotopic (exact) mass is 518 g/mol. The SMILES string of the molecule is CN=C(NCC1(C(=O)N(C)C)CCCC1)NCC1(c2cccc(Cl)c2)CC1.I. The lowest BCUT2D eigenvalue weighted by Crippen LogP contribution is -2.50. The largest absolute Gasteiger partial charge is 0.356 e. The zero-order valence-electron chi connectivity index (χ0n) is 17.1. The summed E-state index contributed by atoms with van der Waals surface area (Å²) in [5.41, 5.74) is 1.13. The molecule has 5 nitrogen and oxygen atoms in total. The first kappa shape index (κ1) is 23.3. The first-order valence-corrected chi connectivity index (χ1v) is 10.2. The van der Waals surface area contributed by atoms with Crippen molar-refractivity contribution in [1.82, 2.24) is 15.5 Å². The normalized spacial score (nSPS) is 19.5. The lowest BCUT2D eigenvalue weighted by molar-refractivity contribution is -0.138. The van der Waals surface area contributed by atoms with Crippen molar-refractivity contribution in [2.75, 3.05) is 34.2 Å². The van der Waals surface area contributed by atoms with E-state index in [2.05, 4.69) is 27.8 Å². The highest BCUT2D eigenvalue weighted by atomic mass is 127. The number of benzene rings is 1. The van der Waals surface area contributed by atoms with E-state index < -0.39 is 0 Å². The summed E-state index contributed by atoms with van der Waals surface area (Å²) in [5.74, 6) is 0.988. The fourth-order valence-corrected chi connectivity index (χ4v) is 4.45. The van der Waals surface area contributed by atoms with Crippen LogP contribution in [0, 0.1) is 5.41 Å². The maximum Gasteiger partial charge on any atom is 0.230 e. The quantitative estimate of drug-likeness (QED) is 0.342. The number of carbonyl (C=O) groups is 1. The molecule has 0 unspecified atom stereocenters.